The van der Waals surface area contributed by atoms with Gasteiger partial charge in [0.15, 0.2) is 0 Å². The molecule has 3 heteroatoms. The molecule has 0 aromatic rings. The molecule has 0 bridgehead atoms. The molecule has 0 saturated carbocycles. The maximum Gasteiger partial charge on any atom is 0.239 e. The molecule has 0 aromatic heterocycles. The van der Waals surface area contributed by atoms with Gasteiger partial charge in [0.25, 0.3) is 0 Å². The summed E-state index contributed by atoms with van der Waals surface area (Å²) in [5.74, 6) is 0.318. The molecule has 1 saturated heterocycles. The second-order valence-electron chi connectivity index (χ2n) is 4.33. The van der Waals surface area contributed by atoms with Gasteiger partial charge in [-0.25, -0.2) is 0 Å². The van der Waals surface area contributed by atoms with Crippen molar-refractivity contribution in [3.05, 3.63) is 0 Å². The SMILES string of the molecule is CCCN(CCC)C(=O)[C@@H]1CCCCN1. The van der Waals surface area contributed by atoms with Crippen LogP contribution in [0.1, 0.15) is 46.0 Å². The van der Waals surface area contributed by atoms with Crippen molar-refractivity contribution in [1.29, 1.82) is 0 Å². The van der Waals surface area contributed by atoms with E-state index in [1.54, 1.807) is 0 Å². The smallest absolute Gasteiger partial charge is 0.239 e. The molecule has 1 aliphatic rings. The van der Waals surface area contributed by atoms with Crippen LogP contribution in [0, 0.1) is 0 Å². The summed E-state index contributed by atoms with van der Waals surface area (Å²) in [4.78, 5) is 14.2. The second kappa shape index (κ2) is 6.83. The van der Waals surface area contributed by atoms with Crippen LogP contribution in [0.2, 0.25) is 0 Å². The van der Waals surface area contributed by atoms with Gasteiger partial charge in [-0.1, -0.05) is 20.3 Å². The predicted octanol–water partition coefficient (Wildman–Crippen LogP) is 1.78. The van der Waals surface area contributed by atoms with Crippen LogP contribution in [0.25, 0.3) is 0 Å². The molecular weight excluding hydrogens is 188 g/mol. The van der Waals surface area contributed by atoms with Crippen LogP contribution in [0.4, 0.5) is 0 Å². The van der Waals surface area contributed by atoms with E-state index >= 15 is 0 Å². The third kappa shape index (κ3) is 3.82. The zero-order valence-electron chi connectivity index (χ0n) is 10.1. The molecule has 1 heterocycles. The van der Waals surface area contributed by atoms with Gasteiger partial charge in [0.1, 0.15) is 0 Å². The largest absolute Gasteiger partial charge is 0.341 e. The first-order chi connectivity index (χ1) is 7.29. The molecule has 1 amide bonds. The maximum atomic E-state index is 12.1. The Morgan fingerprint density at radius 2 is 1.93 bits per heavy atom. The van der Waals surface area contributed by atoms with Gasteiger partial charge >= 0.3 is 0 Å². The highest BCUT2D eigenvalue weighted by molar-refractivity contribution is 5.82. The Labute approximate surface area is 93.2 Å². The number of hydrogen-bond donors (Lipinski definition) is 1. The van der Waals surface area contributed by atoms with Gasteiger partial charge < -0.3 is 10.2 Å². The Morgan fingerprint density at radius 1 is 1.27 bits per heavy atom. The zero-order chi connectivity index (χ0) is 11.1. The van der Waals surface area contributed by atoms with Gasteiger partial charge in [-0.3, -0.25) is 4.79 Å². The van der Waals surface area contributed by atoms with Crippen LogP contribution in [0.5, 0.6) is 0 Å². The first kappa shape index (κ1) is 12.5. The first-order valence-electron chi connectivity index (χ1n) is 6.31. The van der Waals surface area contributed by atoms with Crippen molar-refractivity contribution >= 4 is 5.91 Å². The highest BCUT2D eigenvalue weighted by atomic mass is 16.2. The average molecular weight is 212 g/mol. The van der Waals surface area contributed by atoms with E-state index in [4.69, 9.17) is 0 Å². The Balaban J connectivity index is 2.45. The van der Waals surface area contributed by atoms with Crippen LogP contribution in [0.3, 0.4) is 0 Å². The number of nitrogens with zero attached hydrogens (tertiary/aromatic N) is 1. The lowest BCUT2D eigenvalue weighted by Crippen LogP contribution is -2.49. The normalized spacial score (nSPS) is 21.3. The quantitative estimate of drug-likeness (QED) is 0.753. The van der Waals surface area contributed by atoms with E-state index in [1.807, 2.05) is 4.90 Å². The molecule has 1 rings (SSSR count). The number of rotatable bonds is 5. The summed E-state index contributed by atoms with van der Waals surface area (Å²) < 4.78 is 0. The van der Waals surface area contributed by atoms with Crippen LogP contribution in [-0.4, -0.2) is 36.5 Å². The highest BCUT2D eigenvalue weighted by Gasteiger charge is 2.24. The molecule has 88 valence electrons. The lowest BCUT2D eigenvalue weighted by atomic mass is 10.0. The summed E-state index contributed by atoms with van der Waals surface area (Å²) in [6.45, 7) is 7.08. The lowest BCUT2D eigenvalue weighted by Gasteiger charge is -2.29. The minimum absolute atomic E-state index is 0.0943. The van der Waals surface area contributed by atoms with Crippen LogP contribution < -0.4 is 5.32 Å². The van der Waals surface area contributed by atoms with Gasteiger partial charge in [-0.2, -0.15) is 0 Å². The minimum Gasteiger partial charge on any atom is -0.341 e. The number of nitrogens with one attached hydrogen (secondary N) is 1. The molecule has 0 unspecified atom stereocenters. The van der Waals surface area contributed by atoms with Crippen molar-refractivity contribution < 1.29 is 4.79 Å². The summed E-state index contributed by atoms with van der Waals surface area (Å²) in [6.07, 6.45) is 5.53. The Morgan fingerprint density at radius 3 is 2.40 bits per heavy atom. The Kier molecular flexibility index (Phi) is 5.69. The number of piperidine rings is 1. The minimum atomic E-state index is 0.0943. The summed E-state index contributed by atoms with van der Waals surface area (Å²) in [5, 5.41) is 3.32. The molecule has 1 aliphatic heterocycles. The molecule has 1 N–H and O–H groups in total. The molecule has 0 aliphatic carbocycles. The fraction of sp³-hybridized carbons (Fsp3) is 0.917. The third-order valence-corrected chi connectivity index (χ3v) is 2.91. The monoisotopic (exact) mass is 212 g/mol. The van der Waals surface area contributed by atoms with E-state index in [1.165, 1.54) is 12.8 Å². The number of amides is 1. The number of carbonyl (C=O) groups excluding carboxylic acids is 1. The molecule has 3 nitrogen and oxygen atoms in total. The van der Waals surface area contributed by atoms with E-state index in [-0.39, 0.29) is 6.04 Å². The molecule has 0 spiro atoms. The van der Waals surface area contributed by atoms with Crippen molar-refractivity contribution in [3.8, 4) is 0 Å². The lowest BCUT2D eigenvalue weighted by molar-refractivity contribution is -0.134. The van der Waals surface area contributed by atoms with Crippen LogP contribution in [-0.2, 0) is 4.79 Å². The number of hydrogen-bond acceptors (Lipinski definition) is 2. The molecule has 15 heavy (non-hydrogen) atoms. The fourth-order valence-electron chi connectivity index (χ4n) is 2.16. The predicted molar refractivity (Wildman–Crippen MR) is 62.8 cm³/mol. The van der Waals surface area contributed by atoms with E-state index in [9.17, 15) is 4.79 Å². The third-order valence-electron chi connectivity index (χ3n) is 2.91. The van der Waals surface area contributed by atoms with Gasteiger partial charge in [0.05, 0.1) is 6.04 Å². The van der Waals surface area contributed by atoms with Gasteiger partial charge in [0, 0.05) is 13.1 Å². The number of carbonyl (C=O) groups is 1. The van der Waals surface area contributed by atoms with Crippen LogP contribution >= 0.6 is 0 Å². The molecule has 1 fully saturated rings. The van der Waals surface area contributed by atoms with Crippen molar-refractivity contribution in [2.75, 3.05) is 19.6 Å². The van der Waals surface area contributed by atoms with Crippen molar-refractivity contribution in [2.24, 2.45) is 0 Å². The molecule has 0 aromatic carbocycles. The zero-order valence-corrected chi connectivity index (χ0v) is 10.1. The van der Waals surface area contributed by atoms with Crippen molar-refractivity contribution in [2.45, 2.75) is 52.0 Å². The van der Waals surface area contributed by atoms with Gasteiger partial charge in [-0.05, 0) is 32.2 Å². The van der Waals surface area contributed by atoms with Gasteiger partial charge in [-0.15, -0.1) is 0 Å². The standard InChI is InChI=1S/C12H24N2O/c1-3-9-14(10-4-2)12(15)11-7-5-6-8-13-11/h11,13H,3-10H2,1-2H3/t11-/m0/s1. The van der Waals surface area contributed by atoms with E-state index < -0.39 is 0 Å². The summed E-state index contributed by atoms with van der Waals surface area (Å²) >= 11 is 0. The Bertz CT molecular complexity index is 182. The Hall–Kier alpha value is -0.570. The highest BCUT2D eigenvalue weighted by Crippen LogP contribution is 2.10. The first-order valence-corrected chi connectivity index (χ1v) is 6.31. The summed E-state index contributed by atoms with van der Waals surface area (Å²) in [7, 11) is 0. The summed E-state index contributed by atoms with van der Waals surface area (Å²) in [6, 6.07) is 0.0943. The van der Waals surface area contributed by atoms with E-state index in [0.717, 1.165) is 38.9 Å². The van der Waals surface area contributed by atoms with Crippen molar-refractivity contribution in [3.63, 3.8) is 0 Å². The average Bonchev–Trinajstić information content (AvgIpc) is 2.29. The van der Waals surface area contributed by atoms with Crippen LogP contribution in [0.15, 0.2) is 0 Å². The summed E-state index contributed by atoms with van der Waals surface area (Å²) in [5.41, 5.74) is 0. The second-order valence-corrected chi connectivity index (χ2v) is 4.33. The maximum absolute atomic E-state index is 12.1. The van der Waals surface area contributed by atoms with E-state index in [2.05, 4.69) is 19.2 Å². The topological polar surface area (TPSA) is 32.3 Å². The molecular formula is C12H24N2O. The molecule has 0 radical (unpaired) electrons. The van der Waals surface area contributed by atoms with Crippen molar-refractivity contribution in [1.82, 2.24) is 10.2 Å². The fourth-order valence-corrected chi connectivity index (χ4v) is 2.16. The van der Waals surface area contributed by atoms with E-state index in [0.29, 0.717) is 5.91 Å². The van der Waals surface area contributed by atoms with Gasteiger partial charge in [0.2, 0.25) is 5.91 Å². The molecule has 1 atom stereocenters.